The van der Waals surface area contributed by atoms with Gasteiger partial charge in [0, 0.05) is 48.5 Å². The summed E-state index contributed by atoms with van der Waals surface area (Å²) < 4.78 is 10.6. The molecule has 4 aliphatic heterocycles. The van der Waals surface area contributed by atoms with E-state index in [0.29, 0.717) is 24.4 Å². The van der Waals surface area contributed by atoms with Crippen molar-refractivity contribution in [2.45, 2.75) is 56.5 Å². The predicted molar refractivity (Wildman–Crippen MR) is 142 cm³/mol. The molecule has 11 nitrogen and oxygen atoms in total. The van der Waals surface area contributed by atoms with Gasteiger partial charge in [-0.2, -0.15) is 0 Å². The van der Waals surface area contributed by atoms with Crippen LogP contribution < -0.4 is 0 Å². The molecule has 3 fully saturated rings. The highest BCUT2D eigenvalue weighted by molar-refractivity contribution is 8.03. The normalized spacial score (nSPS) is 29.1. The molecule has 0 aromatic heterocycles. The van der Waals surface area contributed by atoms with E-state index >= 15 is 0 Å². The van der Waals surface area contributed by atoms with Gasteiger partial charge in [-0.3, -0.25) is 19.3 Å². The molecule has 39 heavy (non-hydrogen) atoms. The third-order valence-electron chi connectivity index (χ3n) is 7.67. The number of carbonyl (C=O) groups is 5. The van der Waals surface area contributed by atoms with Crippen molar-refractivity contribution in [3.63, 3.8) is 0 Å². The lowest BCUT2D eigenvalue weighted by molar-refractivity contribution is -0.164. The van der Waals surface area contributed by atoms with E-state index in [1.807, 2.05) is 6.92 Å². The number of hydrogen-bond acceptors (Lipinski definition) is 9. The molecule has 0 spiro atoms. The van der Waals surface area contributed by atoms with Gasteiger partial charge in [0.15, 0.2) is 0 Å². The van der Waals surface area contributed by atoms with E-state index in [4.69, 9.17) is 9.47 Å². The van der Waals surface area contributed by atoms with Crippen LogP contribution in [0.15, 0.2) is 35.9 Å². The first-order valence-corrected chi connectivity index (χ1v) is 14.0. The van der Waals surface area contributed by atoms with Crippen molar-refractivity contribution >= 4 is 41.4 Å². The Kier molecular flexibility index (Phi) is 8.85. The molecule has 0 aromatic rings. The van der Waals surface area contributed by atoms with Crippen LogP contribution >= 0.6 is 11.8 Å². The third-order valence-corrected chi connectivity index (χ3v) is 9.16. The first kappa shape index (κ1) is 28.9. The standard InChI is InChI=1S/C27H35N3O8S/c1-5-11-37-26(35)22-23(15(3)21-20(16(4)31)25(34)30(21)22)39-18-13-19(29(14-18)27(36)38-12-6-2)24(33)28-9-7-17(32)8-10-28/h5-6,15-16,18-21,31H,1-2,7-14H2,3-4H3/t15-,16-,18+,19+,20-,21-/m1/s1. The van der Waals surface area contributed by atoms with Gasteiger partial charge in [0.05, 0.1) is 18.1 Å². The zero-order chi connectivity index (χ0) is 28.4. The van der Waals surface area contributed by atoms with Gasteiger partial charge in [0.2, 0.25) is 11.8 Å². The maximum atomic E-state index is 13.5. The number of likely N-dealkylation sites (tertiary alicyclic amines) is 2. The highest BCUT2D eigenvalue weighted by atomic mass is 32.2. The quantitative estimate of drug-likeness (QED) is 0.252. The van der Waals surface area contributed by atoms with Gasteiger partial charge in [-0.25, -0.2) is 9.59 Å². The number of aliphatic hydroxyl groups is 1. The second-order valence-electron chi connectivity index (χ2n) is 10.2. The first-order valence-electron chi connectivity index (χ1n) is 13.1. The van der Waals surface area contributed by atoms with E-state index in [1.165, 1.54) is 33.7 Å². The fourth-order valence-electron chi connectivity index (χ4n) is 5.77. The summed E-state index contributed by atoms with van der Waals surface area (Å²) in [5.74, 6) is -2.03. The highest BCUT2D eigenvalue weighted by Gasteiger charge is 2.60. The van der Waals surface area contributed by atoms with E-state index in [1.54, 1.807) is 11.8 Å². The fraction of sp³-hybridized carbons (Fsp3) is 0.593. The van der Waals surface area contributed by atoms with Crippen LogP contribution in [0.3, 0.4) is 0 Å². The van der Waals surface area contributed by atoms with Gasteiger partial charge in [-0.05, 0) is 13.3 Å². The molecule has 0 unspecified atom stereocenters. The Morgan fingerprint density at radius 1 is 1.13 bits per heavy atom. The minimum atomic E-state index is -0.879. The van der Waals surface area contributed by atoms with Crippen molar-refractivity contribution < 1.29 is 38.6 Å². The maximum Gasteiger partial charge on any atom is 0.410 e. The highest BCUT2D eigenvalue weighted by Crippen LogP contribution is 2.52. The summed E-state index contributed by atoms with van der Waals surface area (Å²) in [6.07, 6.45) is 2.24. The molecule has 0 radical (unpaired) electrons. The number of piperidine rings is 1. The van der Waals surface area contributed by atoms with E-state index in [2.05, 4.69) is 13.2 Å². The molecule has 6 atom stereocenters. The monoisotopic (exact) mass is 561 g/mol. The smallest absolute Gasteiger partial charge is 0.410 e. The number of Topliss-reactive ketones (excluding diaryl/α,β-unsaturated/α-hetero) is 1. The van der Waals surface area contributed by atoms with E-state index < -0.39 is 30.1 Å². The summed E-state index contributed by atoms with van der Waals surface area (Å²) in [4.78, 5) is 69.1. The van der Waals surface area contributed by atoms with Crippen LogP contribution in [0.1, 0.15) is 33.1 Å². The molecular weight excluding hydrogens is 526 g/mol. The summed E-state index contributed by atoms with van der Waals surface area (Å²) in [6.45, 7) is 11.4. The molecule has 3 amide bonds. The number of ether oxygens (including phenoxy) is 2. The Hall–Kier alpha value is -3.12. The van der Waals surface area contributed by atoms with Crippen LogP contribution in [-0.2, 0) is 28.7 Å². The van der Waals surface area contributed by atoms with Gasteiger partial charge in [-0.15, -0.1) is 11.8 Å². The van der Waals surface area contributed by atoms with Crippen molar-refractivity contribution in [3.8, 4) is 0 Å². The number of esters is 1. The molecule has 12 heteroatoms. The molecule has 4 aliphatic rings. The van der Waals surface area contributed by atoms with Gasteiger partial charge >= 0.3 is 12.1 Å². The number of β-lactam (4-membered cyclic amide) rings is 1. The molecule has 4 rings (SSSR count). The van der Waals surface area contributed by atoms with Gasteiger partial charge < -0.3 is 24.4 Å². The molecular formula is C27H35N3O8S. The average Bonchev–Trinajstić information content (AvgIpc) is 3.43. The second kappa shape index (κ2) is 12.0. The van der Waals surface area contributed by atoms with Crippen LogP contribution in [0.4, 0.5) is 4.79 Å². The average molecular weight is 562 g/mol. The first-order chi connectivity index (χ1) is 18.6. The molecule has 0 aliphatic carbocycles. The summed E-state index contributed by atoms with van der Waals surface area (Å²) >= 11 is 1.35. The van der Waals surface area contributed by atoms with Crippen LogP contribution in [0.2, 0.25) is 0 Å². The zero-order valence-electron chi connectivity index (χ0n) is 22.2. The second-order valence-corrected chi connectivity index (χ2v) is 11.6. The molecule has 0 aromatic carbocycles. The Morgan fingerprint density at radius 2 is 1.77 bits per heavy atom. The Balaban J connectivity index is 1.59. The van der Waals surface area contributed by atoms with E-state index in [-0.39, 0.29) is 73.1 Å². The topological polar surface area (TPSA) is 134 Å². The molecule has 4 heterocycles. The number of fused-ring (bicyclic) bond motifs is 1. The van der Waals surface area contributed by atoms with Gasteiger partial charge in [-0.1, -0.05) is 32.2 Å². The summed E-state index contributed by atoms with van der Waals surface area (Å²) in [5.41, 5.74) is 0.145. The lowest BCUT2D eigenvalue weighted by Crippen LogP contribution is -2.63. The van der Waals surface area contributed by atoms with Crippen molar-refractivity contribution in [1.82, 2.24) is 14.7 Å². The predicted octanol–water partition coefficient (Wildman–Crippen LogP) is 1.47. The molecule has 0 saturated carbocycles. The number of hydrogen-bond donors (Lipinski definition) is 1. The largest absolute Gasteiger partial charge is 0.457 e. The van der Waals surface area contributed by atoms with E-state index in [9.17, 15) is 29.1 Å². The number of ketones is 1. The van der Waals surface area contributed by atoms with Crippen molar-refractivity contribution in [2.75, 3.05) is 32.8 Å². The van der Waals surface area contributed by atoms with Gasteiger partial charge in [0.25, 0.3) is 0 Å². The van der Waals surface area contributed by atoms with Crippen molar-refractivity contribution in [3.05, 3.63) is 35.9 Å². The zero-order valence-corrected chi connectivity index (χ0v) is 23.1. The van der Waals surface area contributed by atoms with Crippen molar-refractivity contribution in [2.24, 2.45) is 11.8 Å². The maximum absolute atomic E-state index is 13.5. The Bertz CT molecular complexity index is 1090. The Morgan fingerprint density at radius 3 is 2.38 bits per heavy atom. The molecule has 212 valence electrons. The fourth-order valence-corrected chi connectivity index (χ4v) is 7.29. The number of nitrogens with zero attached hydrogens (tertiary/aromatic N) is 3. The van der Waals surface area contributed by atoms with E-state index in [0.717, 1.165) is 0 Å². The lowest BCUT2D eigenvalue weighted by atomic mass is 9.79. The molecule has 1 N–H and O–H groups in total. The van der Waals surface area contributed by atoms with Crippen LogP contribution in [0.5, 0.6) is 0 Å². The number of rotatable bonds is 9. The SMILES string of the molecule is C=CCOC(=O)C1=C(S[C@H]2C[C@@H](C(=O)N3CCC(=O)CC3)N(C(=O)OCC=C)C2)[C@H](C)[C@@H]2[C@@H]([C@@H](C)O)C(=O)N12. The summed E-state index contributed by atoms with van der Waals surface area (Å²) in [6, 6.07) is -1.17. The van der Waals surface area contributed by atoms with Crippen molar-refractivity contribution in [1.29, 1.82) is 0 Å². The van der Waals surface area contributed by atoms with Crippen LogP contribution in [-0.4, -0.2) is 106 Å². The summed E-state index contributed by atoms with van der Waals surface area (Å²) in [5, 5.41) is 9.94. The van der Waals surface area contributed by atoms with Gasteiger partial charge in [0.1, 0.15) is 30.7 Å². The number of aliphatic hydroxyl groups excluding tert-OH is 1. The third kappa shape index (κ3) is 5.49. The molecule has 0 bridgehead atoms. The number of amides is 3. The molecule has 3 saturated heterocycles. The van der Waals surface area contributed by atoms with Crippen LogP contribution in [0, 0.1) is 11.8 Å². The van der Waals surface area contributed by atoms with Crippen LogP contribution in [0.25, 0.3) is 0 Å². The summed E-state index contributed by atoms with van der Waals surface area (Å²) in [7, 11) is 0. The lowest BCUT2D eigenvalue weighted by Gasteiger charge is -2.46. The minimum absolute atomic E-state index is 0.00671. The number of carbonyl (C=O) groups excluding carboxylic acids is 5. The number of thioether (sulfide) groups is 1. The Labute approximate surface area is 231 Å². The minimum Gasteiger partial charge on any atom is -0.457 e.